The van der Waals surface area contributed by atoms with Crippen LogP contribution >= 0.6 is 0 Å². The number of aromatic nitrogens is 1. The lowest BCUT2D eigenvalue weighted by Gasteiger charge is -2.44. The maximum absolute atomic E-state index is 13.8. The monoisotopic (exact) mass is 512 g/mol. The third-order valence-corrected chi connectivity index (χ3v) is 8.64. The highest BCUT2D eigenvalue weighted by Gasteiger charge is 2.54. The van der Waals surface area contributed by atoms with Crippen LogP contribution in [0, 0.1) is 0 Å². The maximum atomic E-state index is 13.8. The lowest BCUT2D eigenvalue weighted by atomic mass is 9.82. The first-order valence-electron chi connectivity index (χ1n) is 13.6. The zero-order valence-electron chi connectivity index (χ0n) is 22.7. The summed E-state index contributed by atoms with van der Waals surface area (Å²) in [5.74, 6) is 1.68. The van der Waals surface area contributed by atoms with Gasteiger partial charge in [-0.05, 0) is 43.5 Å². The molecule has 6 rings (SSSR count). The van der Waals surface area contributed by atoms with Gasteiger partial charge in [-0.1, -0.05) is 37.3 Å². The van der Waals surface area contributed by atoms with Crippen LogP contribution in [0.3, 0.4) is 0 Å². The normalized spacial score (nSPS) is 20.8. The van der Waals surface area contributed by atoms with Crippen molar-refractivity contribution in [3.05, 3.63) is 77.1 Å². The summed E-state index contributed by atoms with van der Waals surface area (Å²) in [5, 5.41) is 1.17. The molecule has 0 aliphatic carbocycles. The Morgan fingerprint density at radius 2 is 1.84 bits per heavy atom. The number of carbonyl (C=O) groups is 1. The number of ether oxygens (including phenoxy) is 2. The van der Waals surface area contributed by atoms with Crippen molar-refractivity contribution in [2.24, 2.45) is 0 Å². The van der Waals surface area contributed by atoms with Crippen LogP contribution in [0.1, 0.15) is 49.4 Å². The van der Waals surface area contributed by atoms with Crippen LogP contribution in [0.2, 0.25) is 0 Å². The van der Waals surface area contributed by atoms with E-state index in [-0.39, 0.29) is 17.5 Å². The third kappa shape index (κ3) is 3.91. The average Bonchev–Trinajstić information content (AvgIpc) is 3.04. The number of likely N-dealkylation sites (tertiary alicyclic amines) is 1. The molecule has 2 fully saturated rings. The van der Waals surface area contributed by atoms with E-state index in [1.54, 1.807) is 14.2 Å². The van der Waals surface area contributed by atoms with E-state index >= 15 is 0 Å². The van der Waals surface area contributed by atoms with E-state index in [9.17, 15) is 4.79 Å². The zero-order chi connectivity index (χ0) is 26.4. The van der Waals surface area contributed by atoms with Gasteiger partial charge in [-0.2, -0.15) is 0 Å². The number of benzene rings is 2. The molecule has 0 bridgehead atoms. The van der Waals surface area contributed by atoms with Crippen molar-refractivity contribution in [1.82, 2.24) is 19.7 Å². The number of amides is 2. The van der Waals surface area contributed by atoms with Gasteiger partial charge < -0.3 is 14.4 Å². The number of para-hydroxylation sites is 1. The highest BCUT2D eigenvalue weighted by Crippen LogP contribution is 2.49. The van der Waals surface area contributed by atoms with Gasteiger partial charge in [0.15, 0.2) is 0 Å². The number of pyridine rings is 1. The molecule has 0 N–H and O–H groups in total. The summed E-state index contributed by atoms with van der Waals surface area (Å²) in [6.07, 6.45) is 4.13. The molecule has 7 heteroatoms. The van der Waals surface area contributed by atoms with Crippen molar-refractivity contribution in [1.29, 1.82) is 0 Å². The van der Waals surface area contributed by atoms with Gasteiger partial charge in [0.05, 0.1) is 37.5 Å². The average molecular weight is 513 g/mol. The van der Waals surface area contributed by atoms with E-state index < -0.39 is 0 Å². The van der Waals surface area contributed by atoms with E-state index in [0.717, 1.165) is 72.0 Å². The molecular weight excluding hydrogens is 476 g/mol. The first-order chi connectivity index (χ1) is 18.5. The Morgan fingerprint density at radius 3 is 2.58 bits per heavy atom. The predicted octanol–water partition coefficient (Wildman–Crippen LogP) is 5.55. The molecular formula is C31H36N4O3. The quantitative estimate of drug-likeness (QED) is 0.449. The fourth-order valence-electron chi connectivity index (χ4n) is 6.77. The van der Waals surface area contributed by atoms with E-state index in [2.05, 4.69) is 60.1 Å². The predicted molar refractivity (Wildman–Crippen MR) is 148 cm³/mol. The standard InChI is InChI=1S/C31H36N4O3/c1-5-35-30(36)34-19-23-17-25(37-3)18-27(38-4)29(23)21(2)16-28(34)31(35)12-14-33(15-13-31)20-24-11-10-22-8-6-7-9-26(22)32-24/h6-11,16-18,21H,5,12-15,19-20H2,1-4H3/t21-/m0/s1. The molecule has 7 nitrogen and oxygen atoms in total. The van der Waals surface area contributed by atoms with Crippen LogP contribution in [-0.4, -0.2) is 65.1 Å². The van der Waals surface area contributed by atoms with Crippen molar-refractivity contribution in [3.63, 3.8) is 0 Å². The molecule has 2 saturated heterocycles. The van der Waals surface area contributed by atoms with Gasteiger partial charge in [-0.25, -0.2) is 4.79 Å². The van der Waals surface area contributed by atoms with Gasteiger partial charge >= 0.3 is 6.03 Å². The first kappa shape index (κ1) is 24.7. The smallest absolute Gasteiger partial charge is 0.325 e. The van der Waals surface area contributed by atoms with Crippen LogP contribution < -0.4 is 9.47 Å². The lowest BCUT2D eigenvalue weighted by Crippen LogP contribution is -2.53. The Bertz CT molecular complexity index is 1410. The minimum atomic E-state index is -0.285. The van der Waals surface area contributed by atoms with Crippen molar-refractivity contribution >= 4 is 16.9 Å². The molecule has 198 valence electrons. The second kappa shape index (κ2) is 9.62. The van der Waals surface area contributed by atoms with Crippen molar-refractivity contribution in [3.8, 4) is 11.5 Å². The Morgan fingerprint density at radius 1 is 1.05 bits per heavy atom. The highest BCUT2D eigenvalue weighted by molar-refractivity contribution is 5.83. The number of nitrogens with zero attached hydrogens (tertiary/aromatic N) is 4. The Kier molecular flexibility index (Phi) is 6.26. The summed E-state index contributed by atoms with van der Waals surface area (Å²) in [4.78, 5) is 25.3. The topological polar surface area (TPSA) is 58.1 Å². The molecule has 1 spiro atoms. The van der Waals surface area contributed by atoms with Gasteiger partial charge in [-0.15, -0.1) is 0 Å². The molecule has 1 aromatic heterocycles. The molecule has 0 saturated carbocycles. The number of carbonyl (C=O) groups excluding carboxylic acids is 1. The van der Waals surface area contributed by atoms with Gasteiger partial charge in [-0.3, -0.25) is 14.8 Å². The fourth-order valence-corrected chi connectivity index (χ4v) is 6.77. The summed E-state index contributed by atoms with van der Waals surface area (Å²) in [6, 6.07) is 16.7. The van der Waals surface area contributed by atoms with Crippen LogP contribution in [0.5, 0.6) is 11.5 Å². The van der Waals surface area contributed by atoms with Crippen LogP contribution in [0.15, 0.2) is 60.3 Å². The summed E-state index contributed by atoms with van der Waals surface area (Å²) in [5.41, 5.74) is 5.22. The van der Waals surface area contributed by atoms with Crippen LogP contribution in [0.4, 0.5) is 4.79 Å². The molecule has 3 aliphatic rings. The van der Waals surface area contributed by atoms with Crippen molar-refractivity contribution in [2.75, 3.05) is 33.9 Å². The molecule has 2 aromatic carbocycles. The molecule has 3 aromatic rings. The fraction of sp³-hybridized carbons (Fsp3) is 0.419. The third-order valence-electron chi connectivity index (χ3n) is 8.64. The number of urea groups is 1. The molecule has 4 heterocycles. The molecule has 2 amide bonds. The van der Waals surface area contributed by atoms with Gasteiger partial charge in [0.1, 0.15) is 11.5 Å². The summed E-state index contributed by atoms with van der Waals surface area (Å²) < 4.78 is 11.3. The zero-order valence-corrected chi connectivity index (χ0v) is 22.7. The second-order valence-corrected chi connectivity index (χ2v) is 10.7. The Labute approximate surface area is 224 Å². The number of allylic oxidation sites excluding steroid dienone is 1. The van der Waals surface area contributed by atoms with Gasteiger partial charge in [0, 0.05) is 54.8 Å². The first-order valence-corrected chi connectivity index (χ1v) is 13.6. The summed E-state index contributed by atoms with van der Waals surface area (Å²) >= 11 is 0. The van der Waals surface area contributed by atoms with Crippen molar-refractivity contribution in [2.45, 2.75) is 51.2 Å². The lowest BCUT2D eigenvalue weighted by molar-refractivity contribution is 0.0882. The number of hydrogen-bond acceptors (Lipinski definition) is 5. The van der Waals surface area contributed by atoms with Gasteiger partial charge in [0.2, 0.25) is 0 Å². The minimum absolute atomic E-state index is 0.102. The Balaban J connectivity index is 1.28. The molecule has 1 atom stereocenters. The molecule has 3 aliphatic heterocycles. The maximum Gasteiger partial charge on any atom is 0.325 e. The molecule has 0 unspecified atom stereocenters. The van der Waals surface area contributed by atoms with Crippen molar-refractivity contribution < 1.29 is 14.3 Å². The van der Waals surface area contributed by atoms with Crippen LogP contribution in [0.25, 0.3) is 10.9 Å². The summed E-state index contributed by atoms with van der Waals surface area (Å²) in [6.45, 7) is 8.19. The SMILES string of the molecule is CCN1C(=O)N2Cc3cc(OC)cc(OC)c3[C@@H](C)C=C2C12CCN(Cc1ccc3ccccc3n1)CC2. The number of likely N-dealkylation sites (N-methyl/N-ethyl adjacent to an activating group) is 1. The van der Waals surface area contributed by atoms with E-state index in [1.807, 2.05) is 23.1 Å². The van der Waals surface area contributed by atoms with E-state index in [4.69, 9.17) is 14.5 Å². The van der Waals surface area contributed by atoms with Crippen LogP contribution in [-0.2, 0) is 13.1 Å². The number of methoxy groups -OCH3 is 2. The number of rotatable bonds is 5. The second-order valence-electron chi connectivity index (χ2n) is 10.7. The number of fused-ring (bicyclic) bond motifs is 4. The highest BCUT2D eigenvalue weighted by atomic mass is 16.5. The Hall–Kier alpha value is -3.58. The molecule has 38 heavy (non-hydrogen) atoms. The number of hydrogen-bond donors (Lipinski definition) is 0. The summed E-state index contributed by atoms with van der Waals surface area (Å²) in [7, 11) is 3.37. The van der Waals surface area contributed by atoms with E-state index in [0.29, 0.717) is 13.1 Å². The minimum Gasteiger partial charge on any atom is -0.497 e. The van der Waals surface area contributed by atoms with Gasteiger partial charge in [0.25, 0.3) is 0 Å². The van der Waals surface area contributed by atoms with E-state index in [1.165, 1.54) is 5.39 Å². The molecule has 0 radical (unpaired) electrons. The largest absolute Gasteiger partial charge is 0.497 e. The number of piperidine rings is 1.